The van der Waals surface area contributed by atoms with E-state index < -0.39 is 0 Å². The zero-order valence-electron chi connectivity index (χ0n) is 9.80. The quantitative estimate of drug-likeness (QED) is 0.450. The molecule has 15 heavy (non-hydrogen) atoms. The molecule has 0 atom stereocenters. The van der Waals surface area contributed by atoms with Gasteiger partial charge < -0.3 is 4.42 Å². The second-order valence-electron chi connectivity index (χ2n) is 4.01. The number of aryl methyl sites for hydroxylation is 2. The van der Waals surface area contributed by atoms with Crippen LogP contribution in [0.15, 0.2) is 29.2 Å². The van der Waals surface area contributed by atoms with Gasteiger partial charge in [0.05, 0.1) is 0 Å². The number of hydrogen-bond acceptors (Lipinski definition) is 1. The van der Waals surface area contributed by atoms with Gasteiger partial charge in [0.25, 0.3) is 0 Å². The van der Waals surface area contributed by atoms with Crippen LogP contribution in [0.1, 0.15) is 50.5 Å². The summed E-state index contributed by atoms with van der Waals surface area (Å²) in [6.07, 6.45) is 10.1. The maximum atomic E-state index is 5.74. The molecule has 0 saturated carbocycles. The van der Waals surface area contributed by atoms with Gasteiger partial charge in [-0.05, 0) is 37.8 Å². The Morgan fingerprint density at radius 2 is 1.80 bits per heavy atom. The lowest BCUT2D eigenvalue weighted by atomic mass is 10.1. The van der Waals surface area contributed by atoms with Crippen molar-refractivity contribution in [3.05, 3.63) is 36.3 Å². The fourth-order valence-electron chi connectivity index (χ4n) is 1.63. The van der Waals surface area contributed by atoms with Gasteiger partial charge in [-0.3, -0.25) is 0 Å². The first-order valence-electron chi connectivity index (χ1n) is 6.05. The summed E-state index contributed by atoms with van der Waals surface area (Å²) in [5, 5.41) is 0. The first kappa shape index (κ1) is 12.1. The summed E-state index contributed by atoms with van der Waals surface area (Å²) in [6.45, 7) is 5.93. The third-order valence-corrected chi connectivity index (χ3v) is 2.58. The summed E-state index contributed by atoms with van der Waals surface area (Å²) in [7, 11) is 0. The summed E-state index contributed by atoms with van der Waals surface area (Å²) in [5.74, 6) is 2.29. The van der Waals surface area contributed by atoms with Gasteiger partial charge in [-0.1, -0.05) is 19.4 Å². The van der Waals surface area contributed by atoms with E-state index in [0.29, 0.717) is 0 Å². The standard InChI is InChI=1S/C14H22O/c1-3-5-7-8-10-14-12-11-13(15-14)9-6-4-2/h3,11-12H,1,4-10H2,2H3. The van der Waals surface area contributed by atoms with E-state index in [2.05, 4.69) is 25.6 Å². The molecule has 84 valence electrons. The minimum absolute atomic E-state index is 1.07. The van der Waals surface area contributed by atoms with E-state index in [1.165, 1.54) is 25.7 Å². The Kier molecular flexibility index (Phi) is 5.91. The molecule has 0 bridgehead atoms. The van der Waals surface area contributed by atoms with Gasteiger partial charge in [0, 0.05) is 12.8 Å². The average molecular weight is 206 g/mol. The van der Waals surface area contributed by atoms with Crippen molar-refractivity contribution in [2.24, 2.45) is 0 Å². The molecular formula is C14H22O. The van der Waals surface area contributed by atoms with Crippen molar-refractivity contribution in [3.8, 4) is 0 Å². The van der Waals surface area contributed by atoms with Gasteiger partial charge in [-0.2, -0.15) is 0 Å². The second-order valence-corrected chi connectivity index (χ2v) is 4.01. The third-order valence-electron chi connectivity index (χ3n) is 2.58. The monoisotopic (exact) mass is 206 g/mol. The number of hydrogen-bond donors (Lipinski definition) is 0. The maximum Gasteiger partial charge on any atom is 0.104 e. The van der Waals surface area contributed by atoms with Crippen LogP contribution in [0.25, 0.3) is 0 Å². The molecule has 1 aromatic heterocycles. The van der Waals surface area contributed by atoms with E-state index in [4.69, 9.17) is 4.42 Å². The molecule has 0 aliphatic rings. The molecule has 1 nitrogen and oxygen atoms in total. The van der Waals surface area contributed by atoms with Crippen LogP contribution in [0.5, 0.6) is 0 Å². The van der Waals surface area contributed by atoms with Gasteiger partial charge in [0.1, 0.15) is 11.5 Å². The number of furan rings is 1. The van der Waals surface area contributed by atoms with Crippen LogP contribution in [-0.2, 0) is 12.8 Å². The van der Waals surface area contributed by atoms with Crippen molar-refractivity contribution in [1.29, 1.82) is 0 Å². The molecule has 0 N–H and O–H groups in total. The Labute approximate surface area is 93.2 Å². The van der Waals surface area contributed by atoms with Crippen molar-refractivity contribution in [2.45, 2.75) is 51.9 Å². The predicted octanol–water partition coefficient (Wildman–Crippen LogP) is 4.52. The van der Waals surface area contributed by atoms with Gasteiger partial charge in [0.2, 0.25) is 0 Å². The fraction of sp³-hybridized carbons (Fsp3) is 0.571. The summed E-state index contributed by atoms with van der Waals surface area (Å²) in [5.41, 5.74) is 0. The number of allylic oxidation sites excluding steroid dienone is 1. The Morgan fingerprint density at radius 3 is 2.40 bits per heavy atom. The van der Waals surface area contributed by atoms with E-state index in [1.807, 2.05) is 6.08 Å². The molecule has 0 unspecified atom stereocenters. The normalized spacial score (nSPS) is 10.5. The van der Waals surface area contributed by atoms with E-state index >= 15 is 0 Å². The van der Waals surface area contributed by atoms with Crippen LogP contribution < -0.4 is 0 Å². The molecule has 0 amide bonds. The smallest absolute Gasteiger partial charge is 0.104 e. The molecule has 1 heteroatoms. The van der Waals surface area contributed by atoms with E-state index in [1.54, 1.807) is 0 Å². The predicted molar refractivity (Wildman–Crippen MR) is 65.1 cm³/mol. The SMILES string of the molecule is C=CCCCCc1ccc(CCCC)o1. The van der Waals surface area contributed by atoms with Crippen molar-refractivity contribution >= 4 is 0 Å². The number of unbranched alkanes of at least 4 members (excludes halogenated alkanes) is 3. The molecular weight excluding hydrogens is 184 g/mol. The van der Waals surface area contributed by atoms with Crippen LogP contribution in [0.3, 0.4) is 0 Å². The topological polar surface area (TPSA) is 13.1 Å². The van der Waals surface area contributed by atoms with Crippen LogP contribution in [-0.4, -0.2) is 0 Å². The van der Waals surface area contributed by atoms with Crippen molar-refractivity contribution < 1.29 is 4.42 Å². The molecule has 0 spiro atoms. The van der Waals surface area contributed by atoms with E-state index in [0.717, 1.165) is 30.8 Å². The average Bonchev–Trinajstić information content (AvgIpc) is 2.69. The highest BCUT2D eigenvalue weighted by Gasteiger charge is 2.01. The lowest BCUT2D eigenvalue weighted by Gasteiger charge is -1.96. The van der Waals surface area contributed by atoms with Gasteiger partial charge in [-0.15, -0.1) is 6.58 Å². The molecule has 1 rings (SSSR count). The second kappa shape index (κ2) is 7.33. The van der Waals surface area contributed by atoms with Crippen LogP contribution >= 0.6 is 0 Å². The molecule has 0 aromatic carbocycles. The molecule has 0 fully saturated rings. The zero-order chi connectivity index (χ0) is 10.9. The molecule has 0 radical (unpaired) electrons. The van der Waals surface area contributed by atoms with Crippen molar-refractivity contribution in [3.63, 3.8) is 0 Å². The zero-order valence-corrected chi connectivity index (χ0v) is 9.80. The van der Waals surface area contributed by atoms with Crippen molar-refractivity contribution in [2.75, 3.05) is 0 Å². The fourth-order valence-corrected chi connectivity index (χ4v) is 1.63. The molecule has 0 saturated heterocycles. The molecule has 0 aliphatic heterocycles. The summed E-state index contributed by atoms with van der Waals surface area (Å²) in [6, 6.07) is 4.25. The molecule has 1 aromatic rings. The van der Waals surface area contributed by atoms with Gasteiger partial charge in [-0.25, -0.2) is 0 Å². The van der Waals surface area contributed by atoms with Crippen LogP contribution in [0, 0.1) is 0 Å². The maximum absolute atomic E-state index is 5.74. The highest BCUT2D eigenvalue weighted by molar-refractivity contribution is 5.07. The lowest BCUT2D eigenvalue weighted by Crippen LogP contribution is -1.82. The first-order chi connectivity index (χ1) is 7.36. The number of rotatable bonds is 8. The van der Waals surface area contributed by atoms with Gasteiger partial charge in [0.15, 0.2) is 0 Å². The first-order valence-corrected chi connectivity index (χ1v) is 6.05. The lowest BCUT2D eigenvalue weighted by molar-refractivity contribution is 0.452. The summed E-state index contributed by atoms with van der Waals surface area (Å²) >= 11 is 0. The Bertz CT molecular complexity index is 273. The van der Waals surface area contributed by atoms with E-state index in [9.17, 15) is 0 Å². The third kappa shape index (κ3) is 4.87. The minimum atomic E-state index is 1.07. The van der Waals surface area contributed by atoms with Crippen molar-refractivity contribution in [1.82, 2.24) is 0 Å². The van der Waals surface area contributed by atoms with Crippen LogP contribution in [0.4, 0.5) is 0 Å². The summed E-state index contributed by atoms with van der Waals surface area (Å²) in [4.78, 5) is 0. The largest absolute Gasteiger partial charge is 0.466 e. The Morgan fingerprint density at radius 1 is 1.13 bits per heavy atom. The molecule has 1 heterocycles. The minimum Gasteiger partial charge on any atom is -0.466 e. The highest BCUT2D eigenvalue weighted by Crippen LogP contribution is 2.13. The highest BCUT2D eigenvalue weighted by atomic mass is 16.3. The molecule has 0 aliphatic carbocycles. The summed E-state index contributed by atoms with van der Waals surface area (Å²) < 4.78 is 5.74. The van der Waals surface area contributed by atoms with Crippen LogP contribution in [0.2, 0.25) is 0 Å². The Balaban J connectivity index is 2.23. The van der Waals surface area contributed by atoms with E-state index in [-0.39, 0.29) is 0 Å². The van der Waals surface area contributed by atoms with Gasteiger partial charge >= 0.3 is 0 Å². The Hall–Kier alpha value is -0.980.